The number of hydrogen-bond donors (Lipinski definition) is 0. The van der Waals surface area contributed by atoms with E-state index in [1.165, 1.54) is 0 Å². The van der Waals surface area contributed by atoms with Crippen molar-refractivity contribution in [2.24, 2.45) is 0 Å². The first-order valence-corrected chi connectivity index (χ1v) is 5.76. The van der Waals surface area contributed by atoms with Crippen molar-refractivity contribution in [2.45, 2.75) is 52.4 Å². The summed E-state index contributed by atoms with van der Waals surface area (Å²) in [5, 5.41) is 19.5. The van der Waals surface area contributed by atoms with Crippen molar-refractivity contribution in [1.82, 2.24) is 0 Å². The molecule has 7 heteroatoms. The van der Waals surface area contributed by atoms with Crippen LogP contribution in [-0.2, 0) is 36.0 Å². The van der Waals surface area contributed by atoms with E-state index in [0.29, 0.717) is 25.7 Å². The number of carbonyl (C=O) groups is 4. The molecular formula is C12H18CoO6. The molecule has 0 saturated carbocycles. The van der Waals surface area contributed by atoms with Crippen LogP contribution in [0.2, 0.25) is 0 Å². The van der Waals surface area contributed by atoms with Gasteiger partial charge in [0.2, 0.25) is 0 Å². The fourth-order valence-electron chi connectivity index (χ4n) is 1.06. The van der Waals surface area contributed by atoms with Crippen LogP contribution in [0.1, 0.15) is 52.4 Å². The van der Waals surface area contributed by atoms with Gasteiger partial charge >= 0.3 is 16.8 Å². The molecule has 0 aliphatic rings. The van der Waals surface area contributed by atoms with Crippen molar-refractivity contribution >= 4 is 23.5 Å². The van der Waals surface area contributed by atoms with Gasteiger partial charge in [0.1, 0.15) is 11.6 Å². The van der Waals surface area contributed by atoms with Crippen LogP contribution >= 0.6 is 0 Å². The van der Waals surface area contributed by atoms with E-state index in [1.54, 1.807) is 0 Å². The number of Topliss-reactive ketones (excluding diaryl/α,β-unsaturated/α-hetero) is 2. The topological polar surface area (TPSA) is 114 Å². The van der Waals surface area contributed by atoms with E-state index in [4.69, 9.17) is 0 Å². The fraction of sp³-hybridized carbons (Fsp3) is 0.667. The first kappa shape index (κ1) is 22.9. The summed E-state index contributed by atoms with van der Waals surface area (Å²) in [7, 11) is 0. The first-order chi connectivity index (χ1) is 8.33. The largest absolute Gasteiger partial charge is 2.00 e. The number of rotatable bonds is 8. The summed E-state index contributed by atoms with van der Waals surface area (Å²) in [5.74, 6) is -3.07. The Labute approximate surface area is 122 Å². The summed E-state index contributed by atoms with van der Waals surface area (Å²) in [6, 6.07) is 0. The normalized spacial score (nSPS) is 8.53. The van der Waals surface area contributed by atoms with Gasteiger partial charge in [0.25, 0.3) is 0 Å². The molecule has 111 valence electrons. The molecule has 0 bridgehead atoms. The predicted molar refractivity (Wildman–Crippen MR) is 59.1 cm³/mol. The third kappa shape index (κ3) is 22.4. The van der Waals surface area contributed by atoms with Crippen molar-refractivity contribution in [1.29, 1.82) is 0 Å². The Balaban J connectivity index is -0.000000256. The van der Waals surface area contributed by atoms with Gasteiger partial charge in [-0.1, -0.05) is 13.8 Å². The zero-order valence-corrected chi connectivity index (χ0v) is 12.1. The van der Waals surface area contributed by atoms with Gasteiger partial charge in [-0.3, -0.25) is 9.59 Å². The summed E-state index contributed by atoms with van der Waals surface area (Å²) < 4.78 is 0. The molecule has 0 fully saturated rings. The van der Waals surface area contributed by atoms with Gasteiger partial charge in [-0.15, -0.1) is 0 Å². The second-order valence-electron chi connectivity index (χ2n) is 3.67. The average Bonchev–Trinajstić information content (AvgIpc) is 2.16. The maximum atomic E-state index is 10.4. The Hall–Kier alpha value is -1.21. The minimum atomic E-state index is -1.28. The summed E-state index contributed by atoms with van der Waals surface area (Å²) in [6.07, 6.45) is 1.21. The second kappa shape index (κ2) is 14.8. The molecule has 1 radical (unpaired) electrons. The Morgan fingerprint density at radius 2 is 1.00 bits per heavy atom. The number of ketones is 2. The van der Waals surface area contributed by atoms with Crippen molar-refractivity contribution in [3.05, 3.63) is 0 Å². The standard InChI is InChI=1S/2C6H10O3.Co/c2*1-2-3-5(7)4-6(8)9;/h2*2-4H2,1H3,(H,8,9);/q;;+2/p-2. The van der Waals surface area contributed by atoms with Gasteiger partial charge in [0, 0.05) is 37.6 Å². The Morgan fingerprint density at radius 1 is 0.737 bits per heavy atom. The molecule has 0 rings (SSSR count). The van der Waals surface area contributed by atoms with Crippen LogP contribution < -0.4 is 10.2 Å². The number of hydrogen-bond acceptors (Lipinski definition) is 6. The quantitative estimate of drug-likeness (QED) is 0.530. The minimum Gasteiger partial charge on any atom is -0.550 e. The van der Waals surface area contributed by atoms with E-state index in [9.17, 15) is 29.4 Å². The van der Waals surface area contributed by atoms with Crippen molar-refractivity contribution in [2.75, 3.05) is 0 Å². The average molecular weight is 317 g/mol. The molecule has 6 nitrogen and oxygen atoms in total. The van der Waals surface area contributed by atoms with Crippen molar-refractivity contribution < 1.29 is 46.2 Å². The molecule has 0 aromatic rings. The van der Waals surface area contributed by atoms with Gasteiger partial charge in [-0.25, -0.2) is 0 Å². The van der Waals surface area contributed by atoms with Gasteiger partial charge in [0.05, 0.1) is 0 Å². The van der Waals surface area contributed by atoms with Crippen LogP contribution in [0.3, 0.4) is 0 Å². The third-order valence-electron chi connectivity index (χ3n) is 1.74. The molecule has 0 atom stereocenters. The molecule has 0 unspecified atom stereocenters. The van der Waals surface area contributed by atoms with Crippen LogP contribution in [0.15, 0.2) is 0 Å². The van der Waals surface area contributed by atoms with E-state index in [0.717, 1.165) is 0 Å². The monoisotopic (exact) mass is 317 g/mol. The van der Waals surface area contributed by atoms with Crippen LogP contribution in [0.25, 0.3) is 0 Å². The molecule has 0 amide bonds. The third-order valence-corrected chi connectivity index (χ3v) is 1.74. The molecule has 0 spiro atoms. The van der Waals surface area contributed by atoms with Crippen LogP contribution in [0.5, 0.6) is 0 Å². The molecular weight excluding hydrogens is 299 g/mol. The zero-order chi connectivity index (χ0) is 14.6. The predicted octanol–water partition coefficient (Wildman–Crippen LogP) is -1.01. The van der Waals surface area contributed by atoms with Crippen molar-refractivity contribution in [3.63, 3.8) is 0 Å². The molecule has 0 heterocycles. The number of aliphatic carboxylic acids is 2. The van der Waals surface area contributed by atoms with Gasteiger partial charge in [-0.2, -0.15) is 0 Å². The van der Waals surface area contributed by atoms with Crippen LogP contribution in [-0.4, -0.2) is 23.5 Å². The summed E-state index contributed by atoms with van der Waals surface area (Å²) in [4.78, 5) is 40.4. The second-order valence-corrected chi connectivity index (χ2v) is 3.67. The SMILES string of the molecule is CCCC(=O)CC(=O)[O-].CCCC(=O)CC(=O)[O-].[Co+2]. The van der Waals surface area contributed by atoms with Gasteiger partial charge in [-0.05, 0) is 12.8 Å². The maximum Gasteiger partial charge on any atom is 2.00 e. The molecule has 0 saturated heterocycles. The van der Waals surface area contributed by atoms with Gasteiger partial charge in [0.15, 0.2) is 0 Å². The Kier molecular flexibility index (Phi) is 17.9. The minimum absolute atomic E-state index is 0. The van der Waals surface area contributed by atoms with Crippen LogP contribution in [0, 0.1) is 0 Å². The van der Waals surface area contributed by atoms with Crippen molar-refractivity contribution in [3.8, 4) is 0 Å². The first-order valence-electron chi connectivity index (χ1n) is 5.76. The number of carboxylic acid groups (broad SMARTS) is 2. The number of carbonyl (C=O) groups excluding carboxylic acids is 4. The summed E-state index contributed by atoms with van der Waals surface area (Å²) in [5.41, 5.74) is 0. The van der Waals surface area contributed by atoms with E-state index in [-0.39, 0.29) is 28.3 Å². The molecule has 19 heavy (non-hydrogen) atoms. The van der Waals surface area contributed by atoms with E-state index < -0.39 is 24.8 Å². The summed E-state index contributed by atoms with van der Waals surface area (Å²) >= 11 is 0. The van der Waals surface area contributed by atoms with E-state index >= 15 is 0 Å². The van der Waals surface area contributed by atoms with Gasteiger partial charge < -0.3 is 19.8 Å². The smallest absolute Gasteiger partial charge is 0.550 e. The number of carboxylic acids is 2. The van der Waals surface area contributed by atoms with E-state index in [2.05, 4.69) is 0 Å². The zero-order valence-electron chi connectivity index (χ0n) is 11.0. The Bertz CT molecular complexity index is 271. The maximum absolute atomic E-state index is 10.4. The molecule has 0 aromatic heterocycles. The molecule has 0 aliphatic carbocycles. The fourth-order valence-corrected chi connectivity index (χ4v) is 1.06. The summed E-state index contributed by atoms with van der Waals surface area (Å²) in [6.45, 7) is 3.65. The van der Waals surface area contributed by atoms with Crippen LogP contribution in [0.4, 0.5) is 0 Å². The molecule has 0 aromatic carbocycles. The molecule has 0 aliphatic heterocycles. The molecule has 0 N–H and O–H groups in total. The Morgan fingerprint density at radius 3 is 1.16 bits per heavy atom. The van der Waals surface area contributed by atoms with E-state index in [1.807, 2.05) is 13.8 Å².